The van der Waals surface area contributed by atoms with Crippen molar-refractivity contribution in [2.45, 2.75) is 26.4 Å². The average Bonchev–Trinajstić information content (AvgIpc) is 2.16. The van der Waals surface area contributed by atoms with E-state index < -0.39 is 6.10 Å². The predicted octanol–water partition coefficient (Wildman–Crippen LogP) is 2.17. The Balaban J connectivity index is 2.82. The predicted molar refractivity (Wildman–Crippen MR) is 55.2 cm³/mol. The van der Waals surface area contributed by atoms with Crippen LogP contribution in [0.15, 0.2) is 18.5 Å². The first-order valence-corrected chi connectivity index (χ1v) is 4.81. The van der Waals surface area contributed by atoms with Crippen molar-refractivity contribution in [3.05, 3.63) is 24.0 Å². The third-order valence-corrected chi connectivity index (χ3v) is 2.09. The smallest absolute Gasteiger partial charge is 0.142 e. The Morgan fingerprint density at radius 1 is 1.50 bits per heavy atom. The number of hydrogen-bond acceptors (Lipinski definition) is 3. The quantitative estimate of drug-likeness (QED) is 0.800. The van der Waals surface area contributed by atoms with Crippen molar-refractivity contribution in [3.63, 3.8) is 0 Å². The molecule has 0 radical (unpaired) electrons. The Morgan fingerprint density at radius 3 is 2.79 bits per heavy atom. The summed E-state index contributed by atoms with van der Waals surface area (Å²) in [5.74, 6) is 1.11. The molecule has 1 heterocycles. The van der Waals surface area contributed by atoms with Crippen molar-refractivity contribution < 1.29 is 9.84 Å². The highest BCUT2D eigenvalue weighted by atomic mass is 16.5. The Kier molecular flexibility index (Phi) is 3.89. The molecule has 14 heavy (non-hydrogen) atoms. The van der Waals surface area contributed by atoms with Gasteiger partial charge < -0.3 is 9.84 Å². The van der Waals surface area contributed by atoms with Gasteiger partial charge in [-0.2, -0.15) is 0 Å². The van der Waals surface area contributed by atoms with Crippen LogP contribution in [0.2, 0.25) is 0 Å². The summed E-state index contributed by atoms with van der Waals surface area (Å²) in [5.41, 5.74) is 0.816. The van der Waals surface area contributed by atoms with E-state index in [1.807, 2.05) is 0 Å². The molecule has 78 valence electrons. The molecule has 1 N–H and O–H groups in total. The molecule has 0 fully saturated rings. The van der Waals surface area contributed by atoms with Gasteiger partial charge in [0, 0.05) is 11.8 Å². The molecule has 0 aliphatic carbocycles. The van der Waals surface area contributed by atoms with E-state index in [1.165, 1.54) is 0 Å². The van der Waals surface area contributed by atoms with Crippen LogP contribution in [0.25, 0.3) is 0 Å². The molecule has 3 nitrogen and oxygen atoms in total. The summed E-state index contributed by atoms with van der Waals surface area (Å²) in [6.07, 6.45) is 3.56. The first-order valence-electron chi connectivity index (χ1n) is 4.81. The van der Waals surface area contributed by atoms with Crippen LogP contribution >= 0.6 is 0 Å². The number of rotatable bonds is 4. The van der Waals surface area contributed by atoms with Crippen LogP contribution in [0.3, 0.4) is 0 Å². The lowest BCUT2D eigenvalue weighted by molar-refractivity contribution is 0.147. The summed E-state index contributed by atoms with van der Waals surface area (Å²) in [6.45, 7) is 4.16. The number of pyridine rings is 1. The van der Waals surface area contributed by atoms with E-state index in [0.29, 0.717) is 11.7 Å². The van der Waals surface area contributed by atoms with Crippen LogP contribution in [-0.4, -0.2) is 17.2 Å². The van der Waals surface area contributed by atoms with E-state index in [4.69, 9.17) is 4.74 Å². The molecule has 0 aliphatic heterocycles. The Hall–Kier alpha value is -1.09. The Labute approximate surface area is 84.7 Å². The molecule has 0 saturated heterocycles. The monoisotopic (exact) mass is 195 g/mol. The second-order valence-electron chi connectivity index (χ2n) is 3.76. The van der Waals surface area contributed by atoms with Gasteiger partial charge in [-0.3, -0.25) is 4.98 Å². The minimum atomic E-state index is -0.465. The van der Waals surface area contributed by atoms with E-state index in [-0.39, 0.29) is 0 Å². The molecule has 0 bridgehead atoms. The van der Waals surface area contributed by atoms with Crippen molar-refractivity contribution in [2.75, 3.05) is 7.11 Å². The van der Waals surface area contributed by atoms with Gasteiger partial charge in [0.15, 0.2) is 0 Å². The van der Waals surface area contributed by atoms with Gasteiger partial charge in [0.2, 0.25) is 0 Å². The van der Waals surface area contributed by atoms with Gasteiger partial charge in [0.1, 0.15) is 5.75 Å². The zero-order chi connectivity index (χ0) is 10.6. The lowest BCUT2D eigenvalue weighted by Gasteiger charge is -2.15. The maximum Gasteiger partial charge on any atom is 0.142 e. The molecule has 1 aromatic rings. The molecule has 0 spiro atoms. The normalized spacial score (nSPS) is 12.9. The zero-order valence-corrected chi connectivity index (χ0v) is 8.90. The van der Waals surface area contributed by atoms with Gasteiger partial charge in [0.25, 0.3) is 0 Å². The fraction of sp³-hybridized carbons (Fsp3) is 0.545. The van der Waals surface area contributed by atoms with Crippen LogP contribution in [0.5, 0.6) is 5.75 Å². The molecule has 1 aromatic heterocycles. The van der Waals surface area contributed by atoms with E-state index in [2.05, 4.69) is 18.8 Å². The molecular weight excluding hydrogens is 178 g/mol. The maximum absolute atomic E-state index is 9.90. The molecule has 1 unspecified atom stereocenters. The lowest BCUT2D eigenvalue weighted by Crippen LogP contribution is -2.04. The first kappa shape index (κ1) is 11.0. The molecule has 1 rings (SSSR count). The Morgan fingerprint density at radius 2 is 2.21 bits per heavy atom. The van der Waals surface area contributed by atoms with Crippen LogP contribution in [0, 0.1) is 5.92 Å². The fourth-order valence-corrected chi connectivity index (χ4v) is 1.41. The highest BCUT2D eigenvalue weighted by Crippen LogP contribution is 2.27. The number of aliphatic hydroxyl groups is 1. The van der Waals surface area contributed by atoms with Crippen molar-refractivity contribution in [2.24, 2.45) is 5.92 Å². The van der Waals surface area contributed by atoms with Crippen molar-refractivity contribution in [1.82, 2.24) is 4.98 Å². The second-order valence-corrected chi connectivity index (χ2v) is 3.76. The van der Waals surface area contributed by atoms with E-state index in [1.54, 1.807) is 25.6 Å². The largest absolute Gasteiger partial charge is 0.495 e. The van der Waals surface area contributed by atoms with Crippen molar-refractivity contribution >= 4 is 0 Å². The van der Waals surface area contributed by atoms with Gasteiger partial charge in [0.05, 0.1) is 19.4 Å². The summed E-state index contributed by atoms with van der Waals surface area (Å²) < 4.78 is 5.13. The van der Waals surface area contributed by atoms with Gasteiger partial charge in [-0.05, 0) is 18.4 Å². The Bertz CT molecular complexity index is 286. The van der Waals surface area contributed by atoms with Gasteiger partial charge in [-0.1, -0.05) is 13.8 Å². The van der Waals surface area contributed by atoms with E-state index in [0.717, 1.165) is 12.0 Å². The third-order valence-electron chi connectivity index (χ3n) is 2.09. The van der Waals surface area contributed by atoms with E-state index in [9.17, 15) is 5.11 Å². The average molecular weight is 195 g/mol. The topological polar surface area (TPSA) is 42.4 Å². The molecule has 0 aromatic carbocycles. The molecule has 1 atom stereocenters. The number of aliphatic hydroxyl groups excluding tert-OH is 1. The molecule has 0 amide bonds. The van der Waals surface area contributed by atoms with Crippen molar-refractivity contribution in [3.8, 4) is 5.75 Å². The fourth-order valence-electron chi connectivity index (χ4n) is 1.41. The molecule has 0 aliphatic rings. The van der Waals surface area contributed by atoms with Crippen LogP contribution in [0.4, 0.5) is 0 Å². The maximum atomic E-state index is 9.90. The van der Waals surface area contributed by atoms with Gasteiger partial charge >= 0.3 is 0 Å². The summed E-state index contributed by atoms with van der Waals surface area (Å²) in [6, 6.07) is 1.80. The summed E-state index contributed by atoms with van der Waals surface area (Å²) in [7, 11) is 1.59. The number of aromatic nitrogens is 1. The minimum Gasteiger partial charge on any atom is -0.495 e. The number of nitrogens with zero attached hydrogens (tertiary/aromatic N) is 1. The van der Waals surface area contributed by atoms with E-state index >= 15 is 0 Å². The molecular formula is C11H17NO2. The molecule has 3 heteroatoms. The third kappa shape index (κ3) is 2.70. The van der Waals surface area contributed by atoms with Crippen LogP contribution in [0.1, 0.15) is 31.9 Å². The number of methoxy groups -OCH3 is 1. The highest BCUT2D eigenvalue weighted by Gasteiger charge is 2.14. The SMILES string of the molecule is COc1cnccc1C(O)CC(C)C. The van der Waals surface area contributed by atoms with Crippen molar-refractivity contribution in [1.29, 1.82) is 0 Å². The lowest BCUT2D eigenvalue weighted by atomic mass is 10.00. The van der Waals surface area contributed by atoms with Gasteiger partial charge in [-0.25, -0.2) is 0 Å². The summed E-state index contributed by atoms with van der Waals surface area (Å²) >= 11 is 0. The highest BCUT2D eigenvalue weighted by molar-refractivity contribution is 5.31. The first-order chi connectivity index (χ1) is 6.65. The zero-order valence-electron chi connectivity index (χ0n) is 8.90. The second kappa shape index (κ2) is 4.96. The van der Waals surface area contributed by atoms with Crippen LogP contribution < -0.4 is 4.74 Å². The number of ether oxygens (including phenoxy) is 1. The minimum absolute atomic E-state index is 0.461. The summed E-state index contributed by atoms with van der Waals surface area (Å²) in [5, 5.41) is 9.90. The standard InChI is InChI=1S/C11H17NO2/c1-8(2)6-10(13)9-4-5-12-7-11(9)14-3/h4-5,7-8,10,13H,6H2,1-3H3. The summed E-state index contributed by atoms with van der Waals surface area (Å²) in [4.78, 5) is 3.94. The van der Waals surface area contributed by atoms with Gasteiger partial charge in [-0.15, -0.1) is 0 Å². The molecule has 0 saturated carbocycles. The number of hydrogen-bond donors (Lipinski definition) is 1. The van der Waals surface area contributed by atoms with Crippen LogP contribution in [-0.2, 0) is 0 Å².